The van der Waals surface area contributed by atoms with Crippen LogP contribution in [0, 0.1) is 0 Å². The molecule has 3 N–H and O–H groups in total. The average Bonchev–Trinajstić information content (AvgIpc) is 2.60. The van der Waals surface area contributed by atoms with E-state index in [1.165, 1.54) is 0 Å². The predicted molar refractivity (Wildman–Crippen MR) is 54.9 cm³/mol. The third-order valence-electron chi connectivity index (χ3n) is 2.14. The van der Waals surface area contributed by atoms with Crippen molar-refractivity contribution in [3.05, 3.63) is 18.2 Å². The zero-order chi connectivity index (χ0) is 10.4. The first-order chi connectivity index (χ1) is 6.79. The minimum Gasteiger partial charge on any atom is -0.383 e. The molecule has 1 aromatic heterocycles. The monoisotopic (exact) mass is 198 g/mol. The van der Waals surface area contributed by atoms with Gasteiger partial charge in [0.25, 0.3) is 0 Å². The molecule has 0 spiro atoms. The molecule has 1 rings (SSSR count). The summed E-state index contributed by atoms with van der Waals surface area (Å²) in [5, 5.41) is 3.30. The minimum atomic E-state index is 0.151. The number of rotatable bonds is 6. The van der Waals surface area contributed by atoms with E-state index in [0.29, 0.717) is 13.2 Å². The van der Waals surface area contributed by atoms with Crippen LogP contribution in [0.25, 0.3) is 0 Å². The first-order valence-electron chi connectivity index (χ1n) is 4.68. The molecule has 14 heavy (non-hydrogen) atoms. The molecule has 0 fully saturated rings. The summed E-state index contributed by atoms with van der Waals surface area (Å²) in [5.41, 5.74) is 6.77. The van der Waals surface area contributed by atoms with E-state index in [1.54, 1.807) is 13.4 Å². The molecular formula is C9H18N4O. The lowest BCUT2D eigenvalue weighted by Crippen LogP contribution is -2.31. The van der Waals surface area contributed by atoms with Gasteiger partial charge in [-0.05, 0) is 0 Å². The zero-order valence-electron chi connectivity index (χ0n) is 8.73. The summed E-state index contributed by atoms with van der Waals surface area (Å²) in [7, 11) is 3.65. The molecule has 0 aliphatic heterocycles. The lowest BCUT2D eigenvalue weighted by Gasteiger charge is -2.16. The van der Waals surface area contributed by atoms with E-state index >= 15 is 0 Å². The fraction of sp³-hybridized carbons (Fsp3) is 0.667. The Bertz CT molecular complexity index is 261. The summed E-state index contributed by atoms with van der Waals surface area (Å²) in [4.78, 5) is 4.05. The summed E-state index contributed by atoms with van der Waals surface area (Å²) in [6, 6.07) is 0.151. The Morgan fingerprint density at radius 3 is 3.00 bits per heavy atom. The normalized spacial score (nSPS) is 13.1. The molecule has 0 amide bonds. The summed E-state index contributed by atoms with van der Waals surface area (Å²) in [6.45, 7) is 2.04. The van der Waals surface area contributed by atoms with Crippen molar-refractivity contribution in [1.82, 2.24) is 14.9 Å². The number of ether oxygens (including phenoxy) is 1. The Kier molecular flexibility index (Phi) is 4.58. The number of hydrogen-bond acceptors (Lipinski definition) is 4. The minimum absolute atomic E-state index is 0.151. The van der Waals surface area contributed by atoms with Crippen molar-refractivity contribution in [3.63, 3.8) is 0 Å². The first kappa shape index (κ1) is 11.2. The molecule has 0 bridgehead atoms. The van der Waals surface area contributed by atoms with E-state index in [9.17, 15) is 0 Å². The molecule has 0 aliphatic carbocycles. The van der Waals surface area contributed by atoms with E-state index in [-0.39, 0.29) is 6.04 Å². The quantitative estimate of drug-likeness (QED) is 0.614. The first-order valence-corrected chi connectivity index (χ1v) is 4.68. The van der Waals surface area contributed by atoms with Crippen molar-refractivity contribution in [2.75, 3.05) is 26.8 Å². The Hall–Kier alpha value is -0.910. The number of imidazole rings is 1. The number of aryl methyl sites for hydroxylation is 1. The van der Waals surface area contributed by atoms with Crippen molar-refractivity contribution < 1.29 is 4.74 Å². The zero-order valence-corrected chi connectivity index (χ0v) is 8.73. The van der Waals surface area contributed by atoms with Gasteiger partial charge in [-0.3, -0.25) is 0 Å². The van der Waals surface area contributed by atoms with Crippen molar-refractivity contribution >= 4 is 0 Å². The van der Waals surface area contributed by atoms with E-state index in [2.05, 4.69) is 10.3 Å². The molecule has 0 aliphatic rings. The molecule has 1 atom stereocenters. The van der Waals surface area contributed by atoms with Crippen LogP contribution in [-0.2, 0) is 11.8 Å². The van der Waals surface area contributed by atoms with Gasteiger partial charge in [0, 0.05) is 33.4 Å². The molecule has 1 unspecified atom stereocenters. The van der Waals surface area contributed by atoms with E-state index in [4.69, 9.17) is 10.5 Å². The summed E-state index contributed by atoms with van der Waals surface area (Å²) in [5.74, 6) is 0. The van der Waals surface area contributed by atoms with Crippen molar-refractivity contribution in [1.29, 1.82) is 0 Å². The SMILES string of the molecule is COCCNC(CN)c1cncn1C. The maximum Gasteiger partial charge on any atom is 0.0946 e. The van der Waals surface area contributed by atoms with Crippen LogP contribution in [-0.4, -0.2) is 36.4 Å². The number of methoxy groups -OCH3 is 1. The van der Waals surface area contributed by atoms with Gasteiger partial charge in [0.1, 0.15) is 0 Å². The maximum absolute atomic E-state index is 5.67. The van der Waals surface area contributed by atoms with Gasteiger partial charge in [-0.25, -0.2) is 4.98 Å². The number of aromatic nitrogens is 2. The average molecular weight is 198 g/mol. The fourth-order valence-electron chi connectivity index (χ4n) is 1.35. The Morgan fingerprint density at radius 2 is 2.50 bits per heavy atom. The molecule has 1 aromatic rings. The van der Waals surface area contributed by atoms with Gasteiger partial charge in [-0.1, -0.05) is 0 Å². The lowest BCUT2D eigenvalue weighted by molar-refractivity contribution is 0.195. The number of hydrogen-bond donors (Lipinski definition) is 2. The van der Waals surface area contributed by atoms with E-state index in [0.717, 1.165) is 12.2 Å². The lowest BCUT2D eigenvalue weighted by atomic mass is 10.2. The molecule has 0 saturated heterocycles. The van der Waals surface area contributed by atoms with Gasteiger partial charge < -0.3 is 20.4 Å². The summed E-state index contributed by atoms with van der Waals surface area (Å²) in [6.07, 6.45) is 3.60. The smallest absolute Gasteiger partial charge is 0.0946 e. The summed E-state index contributed by atoms with van der Waals surface area (Å²) < 4.78 is 6.93. The van der Waals surface area contributed by atoms with Crippen LogP contribution in [0.1, 0.15) is 11.7 Å². The van der Waals surface area contributed by atoms with Crippen LogP contribution in [0.15, 0.2) is 12.5 Å². The molecule has 0 aromatic carbocycles. The highest BCUT2D eigenvalue weighted by molar-refractivity contribution is 5.05. The predicted octanol–water partition coefficient (Wildman–Crippen LogP) is -0.344. The molecule has 5 nitrogen and oxygen atoms in total. The van der Waals surface area contributed by atoms with Gasteiger partial charge in [-0.2, -0.15) is 0 Å². The van der Waals surface area contributed by atoms with Crippen LogP contribution in [0.3, 0.4) is 0 Å². The van der Waals surface area contributed by atoms with Crippen LogP contribution in [0.5, 0.6) is 0 Å². The second-order valence-corrected chi connectivity index (χ2v) is 3.16. The Balaban J connectivity index is 2.50. The molecule has 5 heteroatoms. The van der Waals surface area contributed by atoms with Gasteiger partial charge in [0.2, 0.25) is 0 Å². The molecular weight excluding hydrogens is 180 g/mol. The highest BCUT2D eigenvalue weighted by Gasteiger charge is 2.11. The van der Waals surface area contributed by atoms with E-state index in [1.807, 2.05) is 17.8 Å². The standard InChI is InChI=1S/C9H18N4O/c1-13-7-11-6-9(13)8(5-10)12-3-4-14-2/h6-8,12H,3-5,10H2,1-2H3. The maximum atomic E-state index is 5.67. The molecule has 80 valence electrons. The molecule has 0 radical (unpaired) electrons. The van der Waals surface area contributed by atoms with Gasteiger partial charge >= 0.3 is 0 Å². The topological polar surface area (TPSA) is 65.1 Å². The number of nitrogens with one attached hydrogen (secondary N) is 1. The van der Waals surface area contributed by atoms with E-state index < -0.39 is 0 Å². The van der Waals surface area contributed by atoms with Crippen molar-refractivity contribution in [2.45, 2.75) is 6.04 Å². The third-order valence-corrected chi connectivity index (χ3v) is 2.14. The summed E-state index contributed by atoms with van der Waals surface area (Å²) >= 11 is 0. The van der Waals surface area contributed by atoms with Crippen molar-refractivity contribution in [2.24, 2.45) is 12.8 Å². The van der Waals surface area contributed by atoms with Crippen LogP contribution in [0.4, 0.5) is 0 Å². The Morgan fingerprint density at radius 1 is 1.71 bits per heavy atom. The van der Waals surface area contributed by atoms with Gasteiger partial charge in [-0.15, -0.1) is 0 Å². The fourth-order valence-corrected chi connectivity index (χ4v) is 1.35. The number of nitrogens with zero attached hydrogens (tertiary/aromatic N) is 2. The number of nitrogens with two attached hydrogens (primary N) is 1. The molecule has 1 heterocycles. The largest absolute Gasteiger partial charge is 0.383 e. The highest BCUT2D eigenvalue weighted by Crippen LogP contribution is 2.08. The highest BCUT2D eigenvalue weighted by atomic mass is 16.5. The second-order valence-electron chi connectivity index (χ2n) is 3.16. The van der Waals surface area contributed by atoms with Gasteiger partial charge in [0.15, 0.2) is 0 Å². The Labute approximate surface area is 84.3 Å². The van der Waals surface area contributed by atoms with Crippen molar-refractivity contribution in [3.8, 4) is 0 Å². The molecule has 0 saturated carbocycles. The third kappa shape index (κ3) is 2.80. The van der Waals surface area contributed by atoms with Crippen LogP contribution < -0.4 is 11.1 Å². The van der Waals surface area contributed by atoms with Crippen LogP contribution in [0.2, 0.25) is 0 Å². The van der Waals surface area contributed by atoms with Gasteiger partial charge in [0.05, 0.1) is 24.7 Å². The second kappa shape index (κ2) is 5.74. The van der Waals surface area contributed by atoms with Crippen LogP contribution >= 0.6 is 0 Å².